The van der Waals surface area contributed by atoms with Crippen LogP contribution in [0.5, 0.6) is 5.75 Å². The summed E-state index contributed by atoms with van der Waals surface area (Å²) in [6, 6.07) is 27.1. The van der Waals surface area contributed by atoms with Crippen LogP contribution in [0.4, 0.5) is 0 Å². The van der Waals surface area contributed by atoms with Crippen LogP contribution < -0.4 is 10.1 Å². The highest BCUT2D eigenvalue weighted by Crippen LogP contribution is 2.16. The number of benzene rings is 3. The van der Waals surface area contributed by atoms with Gasteiger partial charge in [0.2, 0.25) is 0 Å². The first-order valence-electron chi connectivity index (χ1n) is 9.16. The number of hydrogen-bond acceptors (Lipinski definition) is 3. The van der Waals surface area contributed by atoms with E-state index < -0.39 is 0 Å². The van der Waals surface area contributed by atoms with Crippen LogP contribution in [0.15, 0.2) is 91.1 Å². The zero-order valence-electron chi connectivity index (χ0n) is 15.3. The molecule has 4 heteroatoms. The molecule has 0 saturated heterocycles. The molecule has 1 N–H and O–H groups in total. The molecule has 1 amide bonds. The van der Waals surface area contributed by atoms with Crippen LogP contribution in [0, 0.1) is 0 Å². The fourth-order valence-electron chi connectivity index (χ4n) is 2.99. The topological polar surface area (TPSA) is 51.2 Å². The van der Waals surface area contributed by atoms with E-state index in [1.807, 2.05) is 78.9 Å². The number of fused-ring (bicyclic) bond motifs is 1. The standard InChI is InChI=1S/C24H20N2O2/c27-24(21-11-12-23-20(15-21)9-5-13-25-23)26-16-19-8-4-10-22(14-19)28-17-18-6-2-1-3-7-18/h1-15H,16-17H2,(H,26,27). The Morgan fingerprint density at radius 3 is 2.61 bits per heavy atom. The Hall–Kier alpha value is -3.66. The first kappa shape index (κ1) is 17.7. The number of hydrogen-bond donors (Lipinski definition) is 1. The van der Waals surface area contributed by atoms with Gasteiger partial charge < -0.3 is 10.1 Å². The normalized spacial score (nSPS) is 10.6. The molecular formula is C24H20N2O2. The maximum atomic E-state index is 12.5. The number of rotatable bonds is 6. The van der Waals surface area contributed by atoms with Crippen molar-refractivity contribution in [3.63, 3.8) is 0 Å². The van der Waals surface area contributed by atoms with E-state index in [0.29, 0.717) is 18.7 Å². The fraction of sp³-hybridized carbons (Fsp3) is 0.0833. The number of nitrogens with one attached hydrogen (secondary N) is 1. The summed E-state index contributed by atoms with van der Waals surface area (Å²) in [5.41, 5.74) is 3.60. The molecule has 0 aliphatic heterocycles. The third-order valence-electron chi connectivity index (χ3n) is 4.47. The molecule has 0 saturated carbocycles. The van der Waals surface area contributed by atoms with Gasteiger partial charge in [-0.1, -0.05) is 48.5 Å². The number of nitrogens with zero attached hydrogens (tertiary/aromatic N) is 1. The van der Waals surface area contributed by atoms with Crippen LogP contribution in [0.2, 0.25) is 0 Å². The van der Waals surface area contributed by atoms with Crippen LogP contribution in [-0.4, -0.2) is 10.9 Å². The van der Waals surface area contributed by atoms with Gasteiger partial charge in [0.05, 0.1) is 5.52 Å². The summed E-state index contributed by atoms with van der Waals surface area (Å²) in [7, 11) is 0. The molecule has 3 aromatic carbocycles. The van der Waals surface area contributed by atoms with E-state index in [-0.39, 0.29) is 5.91 Å². The van der Waals surface area contributed by atoms with Crippen LogP contribution in [0.3, 0.4) is 0 Å². The Balaban J connectivity index is 1.38. The zero-order valence-corrected chi connectivity index (χ0v) is 15.3. The van der Waals surface area contributed by atoms with Crippen LogP contribution >= 0.6 is 0 Å². The Morgan fingerprint density at radius 2 is 1.71 bits per heavy atom. The summed E-state index contributed by atoms with van der Waals surface area (Å²) < 4.78 is 5.85. The SMILES string of the molecule is O=C(NCc1cccc(OCc2ccccc2)c1)c1ccc2ncccc2c1. The smallest absolute Gasteiger partial charge is 0.251 e. The van der Waals surface area contributed by atoms with Gasteiger partial charge in [0.1, 0.15) is 12.4 Å². The maximum Gasteiger partial charge on any atom is 0.251 e. The predicted octanol–water partition coefficient (Wildman–Crippen LogP) is 4.74. The lowest BCUT2D eigenvalue weighted by atomic mass is 10.1. The Kier molecular flexibility index (Phi) is 5.29. The number of ether oxygens (including phenoxy) is 1. The molecule has 0 bridgehead atoms. The second-order valence-corrected chi connectivity index (χ2v) is 6.52. The molecule has 1 aromatic heterocycles. The second-order valence-electron chi connectivity index (χ2n) is 6.52. The van der Waals surface area contributed by atoms with E-state index in [9.17, 15) is 4.79 Å². The second kappa shape index (κ2) is 8.35. The summed E-state index contributed by atoms with van der Waals surface area (Å²) in [6.07, 6.45) is 1.74. The minimum atomic E-state index is -0.110. The minimum Gasteiger partial charge on any atom is -0.489 e. The van der Waals surface area contributed by atoms with Crippen LogP contribution in [0.1, 0.15) is 21.5 Å². The maximum absolute atomic E-state index is 12.5. The summed E-state index contributed by atoms with van der Waals surface area (Å²) in [5.74, 6) is 0.675. The van der Waals surface area contributed by atoms with Gasteiger partial charge in [-0.25, -0.2) is 0 Å². The molecule has 0 unspecified atom stereocenters. The van der Waals surface area contributed by atoms with Gasteiger partial charge in [-0.3, -0.25) is 9.78 Å². The number of pyridine rings is 1. The van der Waals surface area contributed by atoms with Crippen molar-refractivity contribution < 1.29 is 9.53 Å². The minimum absolute atomic E-state index is 0.110. The molecule has 1 heterocycles. The molecule has 4 aromatic rings. The highest BCUT2D eigenvalue weighted by atomic mass is 16.5. The van der Waals surface area contributed by atoms with Crippen LogP contribution in [-0.2, 0) is 13.2 Å². The van der Waals surface area contributed by atoms with Crippen molar-refractivity contribution in [2.75, 3.05) is 0 Å². The first-order chi connectivity index (χ1) is 13.8. The average molecular weight is 368 g/mol. The third-order valence-corrected chi connectivity index (χ3v) is 4.47. The van der Waals surface area contributed by atoms with E-state index >= 15 is 0 Å². The summed E-state index contributed by atoms with van der Waals surface area (Å²) >= 11 is 0. The Morgan fingerprint density at radius 1 is 0.857 bits per heavy atom. The lowest BCUT2D eigenvalue weighted by Gasteiger charge is -2.10. The lowest BCUT2D eigenvalue weighted by Crippen LogP contribution is -2.22. The fourth-order valence-corrected chi connectivity index (χ4v) is 2.99. The molecule has 28 heavy (non-hydrogen) atoms. The van der Waals surface area contributed by atoms with Crippen molar-refractivity contribution in [1.29, 1.82) is 0 Å². The Bertz CT molecular complexity index is 1090. The van der Waals surface area contributed by atoms with Gasteiger partial charge in [0.25, 0.3) is 5.91 Å². The van der Waals surface area contributed by atoms with Crippen molar-refractivity contribution in [3.05, 3.63) is 108 Å². The van der Waals surface area contributed by atoms with E-state index in [4.69, 9.17) is 4.74 Å². The zero-order chi connectivity index (χ0) is 19.2. The van der Waals surface area contributed by atoms with Gasteiger partial charge in [0.15, 0.2) is 0 Å². The molecule has 0 aliphatic rings. The number of aromatic nitrogens is 1. The number of amides is 1. The van der Waals surface area contributed by atoms with E-state index in [2.05, 4.69) is 10.3 Å². The molecule has 0 atom stereocenters. The van der Waals surface area contributed by atoms with Crippen molar-refractivity contribution in [2.24, 2.45) is 0 Å². The quantitative estimate of drug-likeness (QED) is 0.535. The molecular weight excluding hydrogens is 348 g/mol. The Labute approximate surface area is 163 Å². The molecule has 138 valence electrons. The van der Waals surface area contributed by atoms with E-state index in [1.54, 1.807) is 12.3 Å². The summed E-state index contributed by atoms with van der Waals surface area (Å²) in [5, 5.41) is 3.92. The van der Waals surface area contributed by atoms with Crippen molar-refractivity contribution in [1.82, 2.24) is 10.3 Å². The lowest BCUT2D eigenvalue weighted by molar-refractivity contribution is 0.0951. The molecule has 0 aliphatic carbocycles. The molecule has 0 fully saturated rings. The average Bonchev–Trinajstić information content (AvgIpc) is 2.77. The molecule has 4 rings (SSSR count). The van der Waals surface area contributed by atoms with Crippen LogP contribution in [0.25, 0.3) is 10.9 Å². The molecule has 0 radical (unpaired) electrons. The third kappa shape index (κ3) is 4.35. The van der Waals surface area contributed by atoms with Crippen molar-refractivity contribution >= 4 is 16.8 Å². The molecule has 0 spiro atoms. The highest BCUT2D eigenvalue weighted by Gasteiger charge is 2.07. The number of carbonyl (C=O) groups is 1. The first-order valence-corrected chi connectivity index (χ1v) is 9.16. The van der Waals surface area contributed by atoms with Gasteiger partial charge >= 0.3 is 0 Å². The van der Waals surface area contributed by atoms with Gasteiger partial charge in [0, 0.05) is 23.7 Å². The number of carbonyl (C=O) groups excluding carboxylic acids is 1. The highest BCUT2D eigenvalue weighted by molar-refractivity contribution is 5.97. The van der Waals surface area contributed by atoms with Gasteiger partial charge in [-0.05, 0) is 47.5 Å². The summed E-state index contributed by atoms with van der Waals surface area (Å²) in [4.78, 5) is 16.8. The van der Waals surface area contributed by atoms with E-state index in [0.717, 1.165) is 27.8 Å². The van der Waals surface area contributed by atoms with E-state index in [1.165, 1.54) is 0 Å². The van der Waals surface area contributed by atoms with Gasteiger partial charge in [-0.2, -0.15) is 0 Å². The van der Waals surface area contributed by atoms with Gasteiger partial charge in [-0.15, -0.1) is 0 Å². The predicted molar refractivity (Wildman–Crippen MR) is 110 cm³/mol. The van der Waals surface area contributed by atoms with Crippen molar-refractivity contribution in [3.8, 4) is 5.75 Å². The largest absolute Gasteiger partial charge is 0.489 e. The van der Waals surface area contributed by atoms with Crippen molar-refractivity contribution in [2.45, 2.75) is 13.2 Å². The monoisotopic (exact) mass is 368 g/mol. The summed E-state index contributed by atoms with van der Waals surface area (Å²) in [6.45, 7) is 0.953. The molecule has 4 nitrogen and oxygen atoms in total.